The lowest BCUT2D eigenvalue weighted by molar-refractivity contribution is 0.0523. The topological polar surface area (TPSA) is 42.9 Å². The SMILES string of the molecule is CCNC(=NCC1(N2CCSCC2)CCCCC1)NC1CC2CCCC(C1)N2C. The van der Waals surface area contributed by atoms with E-state index in [1.807, 2.05) is 0 Å². The van der Waals surface area contributed by atoms with Crippen molar-refractivity contribution in [1.82, 2.24) is 20.4 Å². The van der Waals surface area contributed by atoms with E-state index < -0.39 is 0 Å². The highest BCUT2D eigenvalue weighted by molar-refractivity contribution is 7.99. The van der Waals surface area contributed by atoms with Crippen molar-refractivity contribution in [3.05, 3.63) is 0 Å². The predicted molar refractivity (Wildman–Crippen MR) is 126 cm³/mol. The van der Waals surface area contributed by atoms with Gasteiger partial charge in [-0.25, -0.2) is 0 Å². The van der Waals surface area contributed by atoms with E-state index in [4.69, 9.17) is 4.99 Å². The molecule has 0 spiro atoms. The highest BCUT2D eigenvalue weighted by atomic mass is 32.2. The Bertz CT molecular complexity index is 527. The van der Waals surface area contributed by atoms with E-state index in [0.29, 0.717) is 11.6 Å². The first-order chi connectivity index (χ1) is 14.2. The van der Waals surface area contributed by atoms with E-state index in [9.17, 15) is 0 Å². The van der Waals surface area contributed by atoms with Crippen LogP contribution in [-0.2, 0) is 0 Å². The third-order valence-electron chi connectivity index (χ3n) is 8.02. The fourth-order valence-corrected chi connectivity index (χ4v) is 7.20. The largest absolute Gasteiger partial charge is 0.357 e. The van der Waals surface area contributed by atoms with Crippen LogP contribution in [0.25, 0.3) is 0 Å². The Morgan fingerprint density at radius 1 is 1.03 bits per heavy atom. The van der Waals surface area contributed by atoms with Crippen LogP contribution in [-0.4, -0.2) is 84.2 Å². The summed E-state index contributed by atoms with van der Waals surface area (Å²) in [5.41, 5.74) is 0.310. The lowest BCUT2D eigenvalue weighted by Gasteiger charge is -2.48. The van der Waals surface area contributed by atoms with Gasteiger partial charge < -0.3 is 15.5 Å². The zero-order chi connectivity index (χ0) is 20.1. The van der Waals surface area contributed by atoms with Crippen LogP contribution in [0.15, 0.2) is 4.99 Å². The zero-order valence-electron chi connectivity index (χ0n) is 18.8. The number of nitrogens with zero attached hydrogens (tertiary/aromatic N) is 3. The molecule has 4 aliphatic rings. The first kappa shape index (κ1) is 21.8. The molecule has 1 aliphatic carbocycles. The van der Waals surface area contributed by atoms with Crippen molar-refractivity contribution in [2.45, 2.75) is 94.8 Å². The second-order valence-electron chi connectivity index (χ2n) is 9.80. The monoisotopic (exact) mass is 421 g/mol. The molecule has 2 unspecified atom stereocenters. The summed E-state index contributed by atoms with van der Waals surface area (Å²) in [5, 5.41) is 7.42. The number of guanidine groups is 1. The molecule has 0 aromatic heterocycles. The number of aliphatic imine (C=N–C) groups is 1. The fraction of sp³-hybridized carbons (Fsp3) is 0.957. The molecule has 0 amide bonds. The van der Waals surface area contributed by atoms with Gasteiger partial charge in [0, 0.05) is 54.8 Å². The Labute approximate surface area is 182 Å². The average molecular weight is 422 g/mol. The average Bonchev–Trinajstić information content (AvgIpc) is 2.74. The van der Waals surface area contributed by atoms with Gasteiger partial charge in [0.05, 0.1) is 6.54 Å². The highest BCUT2D eigenvalue weighted by Crippen LogP contribution is 2.36. The Morgan fingerprint density at radius 3 is 2.38 bits per heavy atom. The van der Waals surface area contributed by atoms with E-state index in [1.165, 1.54) is 88.8 Å². The number of hydrogen-bond acceptors (Lipinski definition) is 4. The normalized spacial score (nSPS) is 34.0. The van der Waals surface area contributed by atoms with Gasteiger partial charge in [0.2, 0.25) is 0 Å². The molecular weight excluding hydrogens is 378 g/mol. The number of piperidine rings is 2. The summed E-state index contributed by atoms with van der Waals surface area (Å²) in [4.78, 5) is 10.7. The number of rotatable bonds is 5. The van der Waals surface area contributed by atoms with Crippen LogP contribution in [0, 0.1) is 0 Å². The maximum absolute atomic E-state index is 5.22. The van der Waals surface area contributed by atoms with Crippen molar-refractivity contribution in [1.29, 1.82) is 0 Å². The Balaban J connectivity index is 1.42. The number of nitrogens with one attached hydrogen (secondary N) is 2. The van der Waals surface area contributed by atoms with E-state index in [-0.39, 0.29) is 0 Å². The van der Waals surface area contributed by atoms with Crippen molar-refractivity contribution < 1.29 is 0 Å². The van der Waals surface area contributed by atoms with Crippen LogP contribution in [0.3, 0.4) is 0 Å². The molecule has 0 radical (unpaired) electrons. The molecule has 29 heavy (non-hydrogen) atoms. The lowest BCUT2D eigenvalue weighted by atomic mass is 9.80. The van der Waals surface area contributed by atoms with Gasteiger partial charge in [-0.2, -0.15) is 11.8 Å². The first-order valence-electron chi connectivity index (χ1n) is 12.3. The summed E-state index contributed by atoms with van der Waals surface area (Å²) >= 11 is 2.12. The van der Waals surface area contributed by atoms with E-state index >= 15 is 0 Å². The molecule has 166 valence electrons. The molecular formula is C23H43N5S. The first-order valence-corrected chi connectivity index (χ1v) is 13.5. The molecule has 6 heteroatoms. The molecule has 1 saturated carbocycles. The van der Waals surface area contributed by atoms with Crippen LogP contribution in [0.1, 0.15) is 71.1 Å². The minimum absolute atomic E-state index is 0.310. The molecule has 3 aliphatic heterocycles. The van der Waals surface area contributed by atoms with Gasteiger partial charge in [-0.05, 0) is 52.5 Å². The second kappa shape index (κ2) is 10.2. The van der Waals surface area contributed by atoms with Crippen LogP contribution in [0.2, 0.25) is 0 Å². The Kier molecular flexibility index (Phi) is 7.68. The van der Waals surface area contributed by atoms with Crippen LogP contribution in [0.4, 0.5) is 0 Å². The number of fused-ring (bicyclic) bond motifs is 2. The van der Waals surface area contributed by atoms with Crippen LogP contribution >= 0.6 is 11.8 Å². The minimum Gasteiger partial charge on any atom is -0.357 e. The summed E-state index contributed by atoms with van der Waals surface area (Å²) in [6, 6.07) is 2.10. The minimum atomic E-state index is 0.310. The summed E-state index contributed by atoms with van der Waals surface area (Å²) < 4.78 is 0. The number of thioether (sulfide) groups is 1. The van der Waals surface area contributed by atoms with Crippen molar-refractivity contribution >= 4 is 17.7 Å². The predicted octanol–water partition coefficient (Wildman–Crippen LogP) is 3.31. The summed E-state index contributed by atoms with van der Waals surface area (Å²) in [5.74, 6) is 3.65. The third-order valence-corrected chi connectivity index (χ3v) is 8.97. The van der Waals surface area contributed by atoms with Gasteiger partial charge in [-0.3, -0.25) is 9.89 Å². The molecule has 3 heterocycles. The van der Waals surface area contributed by atoms with Gasteiger partial charge >= 0.3 is 0 Å². The quantitative estimate of drug-likeness (QED) is 0.527. The van der Waals surface area contributed by atoms with Crippen molar-refractivity contribution in [3.63, 3.8) is 0 Å². The van der Waals surface area contributed by atoms with Gasteiger partial charge in [0.1, 0.15) is 0 Å². The molecule has 2 N–H and O–H groups in total. The van der Waals surface area contributed by atoms with Gasteiger partial charge in [-0.1, -0.05) is 25.7 Å². The van der Waals surface area contributed by atoms with E-state index in [0.717, 1.165) is 31.1 Å². The van der Waals surface area contributed by atoms with Crippen molar-refractivity contribution in [2.75, 3.05) is 44.7 Å². The molecule has 4 rings (SSSR count). The summed E-state index contributed by atoms with van der Waals surface area (Å²) in [6.45, 7) is 6.61. The molecule has 0 aromatic carbocycles. The highest BCUT2D eigenvalue weighted by Gasteiger charge is 2.39. The second-order valence-corrected chi connectivity index (χ2v) is 11.0. The van der Waals surface area contributed by atoms with Crippen molar-refractivity contribution in [3.8, 4) is 0 Å². The molecule has 2 bridgehead atoms. The Hall–Kier alpha value is -0.460. The van der Waals surface area contributed by atoms with E-state index in [1.54, 1.807) is 0 Å². The smallest absolute Gasteiger partial charge is 0.191 e. The van der Waals surface area contributed by atoms with Gasteiger partial charge in [0.25, 0.3) is 0 Å². The summed E-state index contributed by atoms with van der Waals surface area (Å²) in [7, 11) is 2.34. The lowest BCUT2D eigenvalue weighted by Crippen LogP contribution is -2.57. The molecule has 3 saturated heterocycles. The third kappa shape index (κ3) is 5.24. The Morgan fingerprint density at radius 2 is 1.72 bits per heavy atom. The van der Waals surface area contributed by atoms with Gasteiger partial charge in [0.15, 0.2) is 5.96 Å². The molecule has 2 atom stereocenters. The summed E-state index contributed by atoms with van der Waals surface area (Å²) in [6.07, 6.45) is 13.5. The molecule has 5 nitrogen and oxygen atoms in total. The molecule has 0 aromatic rings. The fourth-order valence-electron chi connectivity index (χ4n) is 6.30. The maximum Gasteiger partial charge on any atom is 0.191 e. The van der Waals surface area contributed by atoms with Crippen LogP contribution < -0.4 is 10.6 Å². The number of hydrogen-bond donors (Lipinski definition) is 2. The molecule has 4 fully saturated rings. The van der Waals surface area contributed by atoms with Crippen LogP contribution in [0.5, 0.6) is 0 Å². The van der Waals surface area contributed by atoms with E-state index in [2.05, 4.69) is 46.2 Å². The maximum atomic E-state index is 5.22. The van der Waals surface area contributed by atoms with Gasteiger partial charge in [-0.15, -0.1) is 0 Å². The standard InChI is InChI=1S/C23H43N5S/c1-3-24-22(26-19-16-20-8-7-9-21(17-19)27(20)2)25-18-23(10-5-4-6-11-23)28-12-14-29-15-13-28/h19-21H,3-18H2,1-2H3,(H2,24,25,26). The van der Waals surface area contributed by atoms with Crippen molar-refractivity contribution in [2.24, 2.45) is 4.99 Å². The zero-order valence-corrected chi connectivity index (χ0v) is 19.6.